The van der Waals surface area contributed by atoms with Gasteiger partial charge in [0.25, 0.3) is 5.56 Å². The lowest BCUT2D eigenvalue weighted by molar-refractivity contribution is 0.280. The summed E-state index contributed by atoms with van der Waals surface area (Å²) in [6, 6.07) is 0. The average Bonchev–Trinajstić information content (AvgIpc) is 2.28. The van der Waals surface area contributed by atoms with Gasteiger partial charge in [0.15, 0.2) is 0 Å². The molecule has 0 saturated carbocycles. The van der Waals surface area contributed by atoms with Gasteiger partial charge in [-0.05, 0) is 19.8 Å². The first-order valence-corrected chi connectivity index (χ1v) is 5.32. The van der Waals surface area contributed by atoms with Crippen LogP contribution in [-0.2, 0) is 13.1 Å². The molecule has 0 saturated heterocycles. The molecule has 0 spiro atoms. The Labute approximate surface area is 92.9 Å². The Hall–Kier alpha value is -1.56. The molecule has 1 aromatic rings. The SMILES string of the molecule is CCn1cc(N)c(=O)n(CCCCO)c1=O. The van der Waals surface area contributed by atoms with Crippen molar-refractivity contribution in [1.29, 1.82) is 0 Å². The molecule has 0 unspecified atom stereocenters. The van der Waals surface area contributed by atoms with E-state index in [9.17, 15) is 9.59 Å². The maximum atomic E-state index is 11.8. The number of rotatable bonds is 5. The predicted octanol–water partition coefficient (Wildman–Crippen LogP) is -0.615. The number of unbranched alkanes of at least 4 members (excludes halogenated alkanes) is 1. The Morgan fingerprint density at radius 2 is 2.06 bits per heavy atom. The summed E-state index contributed by atoms with van der Waals surface area (Å²) in [6.07, 6.45) is 2.51. The molecule has 6 heteroatoms. The number of hydrogen-bond donors (Lipinski definition) is 2. The van der Waals surface area contributed by atoms with Crippen molar-refractivity contribution in [2.75, 3.05) is 12.3 Å². The summed E-state index contributed by atoms with van der Waals surface area (Å²) in [7, 11) is 0. The molecule has 16 heavy (non-hydrogen) atoms. The Morgan fingerprint density at radius 1 is 1.38 bits per heavy atom. The first-order chi connectivity index (χ1) is 7.61. The predicted molar refractivity (Wildman–Crippen MR) is 61.4 cm³/mol. The third-order valence-corrected chi connectivity index (χ3v) is 2.39. The van der Waals surface area contributed by atoms with Crippen LogP contribution in [0.4, 0.5) is 5.69 Å². The molecular weight excluding hydrogens is 210 g/mol. The highest BCUT2D eigenvalue weighted by atomic mass is 16.3. The second-order valence-electron chi connectivity index (χ2n) is 3.54. The topological polar surface area (TPSA) is 90.2 Å². The quantitative estimate of drug-likeness (QED) is 0.656. The molecule has 6 nitrogen and oxygen atoms in total. The highest BCUT2D eigenvalue weighted by Gasteiger charge is 2.07. The van der Waals surface area contributed by atoms with Gasteiger partial charge in [0.05, 0.1) is 0 Å². The van der Waals surface area contributed by atoms with E-state index in [4.69, 9.17) is 10.8 Å². The van der Waals surface area contributed by atoms with E-state index in [1.165, 1.54) is 10.8 Å². The van der Waals surface area contributed by atoms with Crippen LogP contribution in [0.5, 0.6) is 0 Å². The molecule has 0 aliphatic carbocycles. The number of aliphatic hydroxyl groups is 1. The Bertz CT molecular complexity index is 461. The Kier molecular flexibility index (Phi) is 4.30. The van der Waals surface area contributed by atoms with Gasteiger partial charge < -0.3 is 10.8 Å². The Morgan fingerprint density at radius 3 is 2.62 bits per heavy atom. The minimum atomic E-state index is -0.451. The fraction of sp³-hybridized carbons (Fsp3) is 0.600. The summed E-state index contributed by atoms with van der Waals surface area (Å²) in [5.74, 6) is 0. The number of aryl methyl sites for hydroxylation is 1. The second kappa shape index (κ2) is 5.50. The molecule has 1 aromatic heterocycles. The van der Waals surface area contributed by atoms with Gasteiger partial charge in [-0.2, -0.15) is 0 Å². The summed E-state index contributed by atoms with van der Waals surface area (Å²) < 4.78 is 2.52. The van der Waals surface area contributed by atoms with E-state index < -0.39 is 5.56 Å². The maximum absolute atomic E-state index is 11.8. The normalized spacial score (nSPS) is 10.6. The van der Waals surface area contributed by atoms with Crippen molar-refractivity contribution in [3.8, 4) is 0 Å². The van der Waals surface area contributed by atoms with Gasteiger partial charge >= 0.3 is 5.69 Å². The summed E-state index contributed by atoms with van der Waals surface area (Å²) in [4.78, 5) is 23.4. The van der Waals surface area contributed by atoms with Gasteiger partial charge in [-0.15, -0.1) is 0 Å². The Balaban J connectivity index is 3.10. The van der Waals surface area contributed by atoms with Gasteiger partial charge in [0.2, 0.25) is 0 Å². The van der Waals surface area contributed by atoms with Crippen LogP contribution in [0, 0.1) is 0 Å². The van der Waals surface area contributed by atoms with Crippen LogP contribution in [0.3, 0.4) is 0 Å². The average molecular weight is 227 g/mol. The number of hydrogen-bond acceptors (Lipinski definition) is 4. The van der Waals surface area contributed by atoms with Crippen LogP contribution >= 0.6 is 0 Å². The van der Waals surface area contributed by atoms with E-state index in [-0.39, 0.29) is 18.0 Å². The van der Waals surface area contributed by atoms with Crippen molar-refractivity contribution in [1.82, 2.24) is 9.13 Å². The molecule has 0 radical (unpaired) electrons. The summed E-state index contributed by atoms with van der Waals surface area (Å²) >= 11 is 0. The maximum Gasteiger partial charge on any atom is 0.331 e. The summed E-state index contributed by atoms with van der Waals surface area (Å²) in [5, 5.41) is 8.64. The van der Waals surface area contributed by atoms with Crippen molar-refractivity contribution in [3.05, 3.63) is 27.0 Å². The largest absolute Gasteiger partial charge is 0.396 e. The molecule has 0 aromatic carbocycles. The minimum Gasteiger partial charge on any atom is -0.396 e. The fourth-order valence-corrected chi connectivity index (χ4v) is 1.48. The van der Waals surface area contributed by atoms with Crippen LogP contribution in [-0.4, -0.2) is 20.8 Å². The highest BCUT2D eigenvalue weighted by molar-refractivity contribution is 5.30. The van der Waals surface area contributed by atoms with Crippen molar-refractivity contribution >= 4 is 5.69 Å². The van der Waals surface area contributed by atoms with Crippen LogP contribution < -0.4 is 17.0 Å². The fourth-order valence-electron chi connectivity index (χ4n) is 1.48. The van der Waals surface area contributed by atoms with Gasteiger partial charge in [0, 0.05) is 25.9 Å². The van der Waals surface area contributed by atoms with E-state index in [2.05, 4.69) is 0 Å². The number of aliphatic hydroxyl groups excluding tert-OH is 1. The zero-order valence-corrected chi connectivity index (χ0v) is 9.35. The molecule has 90 valence electrons. The standard InChI is InChI=1S/C10H17N3O3/c1-2-12-7-8(11)9(15)13(10(12)16)5-3-4-6-14/h7,14H,2-6,11H2,1H3. The molecule has 0 fully saturated rings. The molecule has 0 atom stereocenters. The monoisotopic (exact) mass is 227 g/mol. The van der Waals surface area contributed by atoms with Crippen LogP contribution in [0.1, 0.15) is 19.8 Å². The lowest BCUT2D eigenvalue weighted by Gasteiger charge is -2.09. The van der Waals surface area contributed by atoms with E-state index in [0.717, 1.165) is 4.57 Å². The molecule has 0 bridgehead atoms. The lowest BCUT2D eigenvalue weighted by Crippen LogP contribution is -2.40. The van der Waals surface area contributed by atoms with Crippen LogP contribution in [0.15, 0.2) is 15.8 Å². The van der Waals surface area contributed by atoms with Crippen molar-refractivity contribution in [3.63, 3.8) is 0 Å². The smallest absolute Gasteiger partial charge is 0.331 e. The molecule has 0 amide bonds. The third kappa shape index (κ3) is 2.52. The van der Waals surface area contributed by atoms with Gasteiger partial charge in [-0.1, -0.05) is 0 Å². The van der Waals surface area contributed by atoms with Crippen LogP contribution in [0.25, 0.3) is 0 Å². The molecule has 1 rings (SSSR count). The van der Waals surface area contributed by atoms with E-state index in [0.29, 0.717) is 25.9 Å². The lowest BCUT2D eigenvalue weighted by atomic mass is 10.3. The number of aromatic nitrogens is 2. The molecule has 3 N–H and O–H groups in total. The van der Waals surface area contributed by atoms with Gasteiger partial charge in [-0.3, -0.25) is 13.9 Å². The number of nitrogens with two attached hydrogens (primary N) is 1. The minimum absolute atomic E-state index is 0.0546. The first-order valence-electron chi connectivity index (χ1n) is 5.32. The number of anilines is 1. The van der Waals surface area contributed by atoms with Crippen molar-refractivity contribution in [2.24, 2.45) is 0 Å². The third-order valence-electron chi connectivity index (χ3n) is 2.39. The van der Waals surface area contributed by atoms with Gasteiger partial charge in [0.1, 0.15) is 5.69 Å². The van der Waals surface area contributed by atoms with E-state index in [1.54, 1.807) is 0 Å². The molecule has 0 aliphatic rings. The van der Waals surface area contributed by atoms with Crippen LogP contribution in [0.2, 0.25) is 0 Å². The summed E-state index contributed by atoms with van der Waals surface area (Å²) in [5.41, 5.74) is 4.80. The highest BCUT2D eigenvalue weighted by Crippen LogP contribution is 1.93. The number of nitrogen functional groups attached to an aromatic ring is 1. The van der Waals surface area contributed by atoms with Crippen molar-refractivity contribution in [2.45, 2.75) is 32.9 Å². The first kappa shape index (κ1) is 12.5. The van der Waals surface area contributed by atoms with E-state index >= 15 is 0 Å². The molecule has 1 heterocycles. The van der Waals surface area contributed by atoms with Gasteiger partial charge in [-0.25, -0.2) is 4.79 Å². The summed E-state index contributed by atoms with van der Waals surface area (Å²) in [6.45, 7) is 2.63. The van der Waals surface area contributed by atoms with Crippen molar-refractivity contribution < 1.29 is 5.11 Å². The zero-order valence-electron chi connectivity index (χ0n) is 9.35. The van der Waals surface area contributed by atoms with E-state index in [1.807, 2.05) is 6.92 Å². The second-order valence-corrected chi connectivity index (χ2v) is 3.54. The number of nitrogens with zero attached hydrogens (tertiary/aromatic N) is 2. The zero-order chi connectivity index (χ0) is 12.1. The molecular formula is C10H17N3O3. The molecule has 0 aliphatic heterocycles.